The number of thiophene rings is 1. The van der Waals surface area contributed by atoms with Crippen molar-refractivity contribution < 1.29 is 14.3 Å². The molecule has 5 nitrogen and oxygen atoms in total. The first-order chi connectivity index (χ1) is 12.7. The fourth-order valence-corrected chi connectivity index (χ4v) is 4.23. The van der Waals surface area contributed by atoms with Crippen LogP contribution in [0.3, 0.4) is 0 Å². The predicted octanol–water partition coefficient (Wildman–Crippen LogP) is 3.76. The van der Waals surface area contributed by atoms with Crippen molar-refractivity contribution in [3.05, 3.63) is 52.7 Å². The molecule has 2 aromatic heterocycles. The van der Waals surface area contributed by atoms with Gasteiger partial charge < -0.3 is 10.1 Å². The van der Waals surface area contributed by atoms with E-state index in [1.807, 2.05) is 54.8 Å². The summed E-state index contributed by atoms with van der Waals surface area (Å²) in [6.45, 7) is 2.06. The van der Waals surface area contributed by atoms with Crippen LogP contribution in [0, 0.1) is 0 Å². The first-order valence-electron chi connectivity index (χ1n) is 8.18. The molecule has 3 aromatic rings. The molecule has 0 aliphatic heterocycles. The normalized spacial score (nSPS) is 10.5. The van der Waals surface area contributed by atoms with Gasteiger partial charge in [0.25, 0.3) is 5.91 Å². The molecule has 26 heavy (non-hydrogen) atoms. The first-order valence-corrected chi connectivity index (χ1v) is 9.88. The molecule has 0 atom stereocenters. The minimum absolute atomic E-state index is 0.0944. The number of rotatable bonds is 7. The monoisotopic (exact) mass is 386 g/mol. The second-order valence-electron chi connectivity index (χ2n) is 5.43. The van der Waals surface area contributed by atoms with Crippen molar-refractivity contribution in [1.82, 2.24) is 10.3 Å². The number of esters is 1. The highest BCUT2D eigenvalue weighted by molar-refractivity contribution is 7.17. The molecular weight excluding hydrogens is 368 g/mol. The number of likely N-dealkylation sites (N-methyl/N-ethyl adjacent to an activating group) is 1. The molecule has 1 aromatic carbocycles. The summed E-state index contributed by atoms with van der Waals surface area (Å²) in [6, 6.07) is 13.8. The third-order valence-electron chi connectivity index (χ3n) is 3.52. The first kappa shape index (κ1) is 18.3. The van der Waals surface area contributed by atoms with Gasteiger partial charge in [-0.1, -0.05) is 36.4 Å². The van der Waals surface area contributed by atoms with E-state index in [4.69, 9.17) is 9.72 Å². The summed E-state index contributed by atoms with van der Waals surface area (Å²) in [5.41, 5.74) is 1.82. The van der Waals surface area contributed by atoms with E-state index in [1.54, 1.807) is 11.3 Å². The van der Waals surface area contributed by atoms with Gasteiger partial charge in [-0.05, 0) is 18.4 Å². The molecule has 0 unspecified atom stereocenters. The molecule has 0 radical (unpaired) electrons. The van der Waals surface area contributed by atoms with Gasteiger partial charge in [-0.2, -0.15) is 0 Å². The Labute approximate surface area is 159 Å². The van der Waals surface area contributed by atoms with E-state index in [-0.39, 0.29) is 18.9 Å². The molecule has 0 spiro atoms. The van der Waals surface area contributed by atoms with Gasteiger partial charge in [-0.25, -0.2) is 4.98 Å². The van der Waals surface area contributed by atoms with Crippen molar-refractivity contribution in [2.45, 2.75) is 13.3 Å². The molecule has 1 amide bonds. The van der Waals surface area contributed by atoms with Crippen LogP contribution in [0.25, 0.3) is 21.1 Å². The van der Waals surface area contributed by atoms with Crippen LogP contribution in [0.15, 0.2) is 47.8 Å². The molecule has 0 bridgehead atoms. The zero-order valence-corrected chi connectivity index (χ0v) is 15.9. The Morgan fingerprint density at radius 3 is 2.65 bits per heavy atom. The summed E-state index contributed by atoms with van der Waals surface area (Å²) in [5, 5.41) is 5.44. The number of amides is 1. The number of ether oxygens (including phenoxy) is 1. The zero-order chi connectivity index (χ0) is 18.4. The number of carbonyl (C=O) groups excluding carboxylic acids is 2. The Balaban J connectivity index is 1.80. The highest BCUT2D eigenvalue weighted by atomic mass is 32.1. The smallest absolute Gasteiger partial charge is 0.311 e. The van der Waals surface area contributed by atoms with Gasteiger partial charge in [0.1, 0.15) is 5.01 Å². The average molecular weight is 386 g/mol. The standard InChI is InChI=1S/C19H18N2O3S2/c1-2-20-16(22)12-24-17(23)11-15-18(14-9-6-10-25-14)21-19(26-15)13-7-4-3-5-8-13/h3-10H,2,11-12H2,1H3,(H,20,22). The Bertz CT molecular complexity index is 874. The highest BCUT2D eigenvalue weighted by Gasteiger charge is 2.19. The Hall–Kier alpha value is -2.51. The molecule has 0 saturated heterocycles. The van der Waals surface area contributed by atoms with Gasteiger partial charge in [0.15, 0.2) is 6.61 Å². The summed E-state index contributed by atoms with van der Waals surface area (Å²) in [7, 11) is 0. The molecule has 134 valence electrons. The maximum atomic E-state index is 12.2. The SMILES string of the molecule is CCNC(=O)COC(=O)Cc1sc(-c2ccccc2)nc1-c1cccs1. The van der Waals surface area contributed by atoms with E-state index in [1.165, 1.54) is 11.3 Å². The quantitative estimate of drug-likeness (QED) is 0.628. The van der Waals surface area contributed by atoms with Crippen LogP contribution in [-0.2, 0) is 20.7 Å². The summed E-state index contributed by atoms with van der Waals surface area (Å²) in [5.74, 6) is -0.731. The fourth-order valence-electron chi connectivity index (χ4n) is 2.36. The molecule has 0 saturated carbocycles. The second-order valence-corrected chi connectivity index (χ2v) is 7.46. The number of benzene rings is 1. The molecule has 0 fully saturated rings. The van der Waals surface area contributed by atoms with Crippen molar-refractivity contribution >= 4 is 34.6 Å². The van der Waals surface area contributed by atoms with E-state index < -0.39 is 5.97 Å². The molecule has 3 rings (SSSR count). The van der Waals surface area contributed by atoms with Crippen LogP contribution >= 0.6 is 22.7 Å². The van der Waals surface area contributed by atoms with Crippen molar-refractivity contribution in [1.29, 1.82) is 0 Å². The van der Waals surface area contributed by atoms with Crippen molar-refractivity contribution in [2.24, 2.45) is 0 Å². The number of aromatic nitrogens is 1. The summed E-state index contributed by atoms with van der Waals surface area (Å²) in [6.07, 6.45) is 0.0944. The maximum absolute atomic E-state index is 12.2. The number of nitrogens with one attached hydrogen (secondary N) is 1. The van der Waals surface area contributed by atoms with Crippen LogP contribution in [0.4, 0.5) is 0 Å². The van der Waals surface area contributed by atoms with Crippen LogP contribution < -0.4 is 5.32 Å². The van der Waals surface area contributed by atoms with Gasteiger partial charge in [0.2, 0.25) is 0 Å². The molecule has 0 aliphatic rings. The van der Waals surface area contributed by atoms with E-state index in [0.717, 1.165) is 26.0 Å². The van der Waals surface area contributed by atoms with E-state index in [0.29, 0.717) is 6.54 Å². The predicted molar refractivity (Wildman–Crippen MR) is 104 cm³/mol. The average Bonchev–Trinajstić information content (AvgIpc) is 3.30. The molecule has 2 heterocycles. The third kappa shape index (κ3) is 4.56. The van der Waals surface area contributed by atoms with Crippen LogP contribution in [0.5, 0.6) is 0 Å². The van der Waals surface area contributed by atoms with E-state index in [9.17, 15) is 9.59 Å². The Kier molecular flexibility index (Phi) is 6.14. The second kappa shape index (κ2) is 8.73. The highest BCUT2D eigenvalue weighted by Crippen LogP contribution is 2.36. The van der Waals surface area contributed by atoms with Crippen molar-refractivity contribution in [3.8, 4) is 21.1 Å². The number of nitrogens with zero attached hydrogens (tertiary/aromatic N) is 1. The van der Waals surface area contributed by atoms with Gasteiger partial charge in [-0.15, -0.1) is 22.7 Å². The molecule has 7 heteroatoms. The minimum Gasteiger partial charge on any atom is -0.455 e. The molecular formula is C19H18N2O3S2. The van der Waals surface area contributed by atoms with E-state index in [2.05, 4.69) is 5.32 Å². The fraction of sp³-hybridized carbons (Fsp3) is 0.211. The Morgan fingerprint density at radius 1 is 1.15 bits per heavy atom. The third-order valence-corrected chi connectivity index (χ3v) is 5.50. The van der Waals surface area contributed by atoms with Crippen molar-refractivity contribution in [2.75, 3.05) is 13.2 Å². The van der Waals surface area contributed by atoms with Crippen LogP contribution in [-0.4, -0.2) is 30.0 Å². The van der Waals surface area contributed by atoms with Gasteiger partial charge in [-0.3, -0.25) is 9.59 Å². The Morgan fingerprint density at radius 2 is 1.96 bits per heavy atom. The van der Waals surface area contributed by atoms with Crippen LogP contribution in [0.2, 0.25) is 0 Å². The summed E-state index contributed by atoms with van der Waals surface area (Å²) >= 11 is 3.06. The number of thiazole rings is 1. The van der Waals surface area contributed by atoms with Crippen molar-refractivity contribution in [3.63, 3.8) is 0 Å². The van der Waals surface area contributed by atoms with Gasteiger partial charge >= 0.3 is 5.97 Å². The summed E-state index contributed by atoms with van der Waals surface area (Å²) < 4.78 is 5.08. The zero-order valence-electron chi connectivity index (χ0n) is 14.2. The lowest BCUT2D eigenvalue weighted by Crippen LogP contribution is -2.28. The van der Waals surface area contributed by atoms with E-state index >= 15 is 0 Å². The number of carbonyl (C=O) groups is 2. The number of hydrogen-bond donors (Lipinski definition) is 1. The number of hydrogen-bond acceptors (Lipinski definition) is 6. The minimum atomic E-state index is -0.433. The van der Waals surface area contributed by atoms with Gasteiger partial charge in [0, 0.05) is 17.0 Å². The van der Waals surface area contributed by atoms with Crippen LogP contribution in [0.1, 0.15) is 11.8 Å². The maximum Gasteiger partial charge on any atom is 0.311 e. The lowest BCUT2D eigenvalue weighted by Gasteiger charge is -2.04. The van der Waals surface area contributed by atoms with Gasteiger partial charge in [0.05, 0.1) is 17.0 Å². The molecule has 1 N–H and O–H groups in total. The molecule has 0 aliphatic carbocycles. The topological polar surface area (TPSA) is 68.3 Å². The lowest BCUT2D eigenvalue weighted by molar-refractivity contribution is -0.147. The lowest BCUT2D eigenvalue weighted by atomic mass is 10.2. The summed E-state index contributed by atoms with van der Waals surface area (Å²) in [4.78, 5) is 30.2. The largest absolute Gasteiger partial charge is 0.455 e.